The van der Waals surface area contributed by atoms with Crippen LogP contribution in [0.3, 0.4) is 0 Å². The van der Waals surface area contributed by atoms with Gasteiger partial charge in [0.25, 0.3) is 0 Å². The number of hydrogen-bond donors (Lipinski definition) is 1. The molecule has 5 nitrogen and oxygen atoms in total. The molecule has 0 saturated heterocycles. The number of rotatable bonds is 8. The lowest BCUT2D eigenvalue weighted by Crippen LogP contribution is -2.14. The number of benzene rings is 2. The van der Waals surface area contributed by atoms with Crippen molar-refractivity contribution in [1.82, 2.24) is 4.98 Å². The smallest absolute Gasteiger partial charge is 0.419 e. The number of anilines is 2. The van der Waals surface area contributed by atoms with Crippen molar-refractivity contribution < 1.29 is 27.4 Å². The van der Waals surface area contributed by atoms with Crippen LogP contribution in [0.15, 0.2) is 54.7 Å². The Morgan fingerprint density at radius 2 is 1.74 bits per heavy atom. The van der Waals surface area contributed by atoms with Crippen molar-refractivity contribution in [2.45, 2.75) is 33.4 Å². The van der Waals surface area contributed by atoms with Crippen molar-refractivity contribution in [3.63, 3.8) is 0 Å². The number of nitrogens with zero attached hydrogens (tertiary/aromatic N) is 1. The fourth-order valence-electron chi connectivity index (χ4n) is 3.96. The van der Waals surface area contributed by atoms with Crippen LogP contribution < -0.4 is 19.5 Å². The van der Waals surface area contributed by atoms with Crippen molar-refractivity contribution in [1.29, 1.82) is 0 Å². The number of nitrogens with one attached hydrogen (secondary N) is 1. The Labute approximate surface area is 196 Å². The van der Waals surface area contributed by atoms with Crippen LogP contribution in [0.25, 0.3) is 11.1 Å². The molecule has 180 valence electrons. The second-order valence-corrected chi connectivity index (χ2v) is 8.88. The van der Waals surface area contributed by atoms with Gasteiger partial charge in [0, 0.05) is 18.0 Å². The Morgan fingerprint density at radius 1 is 0.971 bits per heavy atom. The van der Waals surface area contributed by atoms with Gasteiger partial charge >= 0.3 is 6.18 Å². The lowest BCUT2D eigenvalue weighted by Gasteiger charge is -2.19. The third-order valence-corrected chi connectivity index (χ3v) is 5.42. The van der Waals surface area contributed by atoms with E-state index in [4.69, 9.17) is 14.2 Å². The molecule has 1 N–H and O–H groups in total. The van der Waals surface area contributed by atoms with E-state index in [2.05, 4.69) is 24.1 Å². The standard InChI is InChI=1S/C26H27F3N2O3/c1-16(2)10-17(3)14-32-22-6-4-18(11-21(22)26(27,28)29)19-8-9-30-25(12-19)31-20-5-7-23-24(13-20)34-15-33-23/h4-9,11-13,16-17H,10,14-15H2,1-3H3,(H,30,31)/t17-/m1/s1. The molecule has 1 atom stereocenters. The molecule has 3 aromatic rings. The summed E-state index contributed by atoms with van der Waals surface area (Å²) in [6, 6.07) is 12.9. The van der Waals surface area contributed by atoms with Gasteiger partial charge in [-0.05, 0) is 65.8 Å². The summed E-state index contributed by atoms with van der Waals surface area (Å²) in [7, 11) is 0. The molecule has 0 amide bonds. The molecule has 1 aromatic heterocycles. The number of ether oxygens (including phenoxy) is 3. The Hall–Kier alpha value is -3.42. The van der Waals surface area contributed by atoms with Crippen LogP contribution in [-0.2, 0) is 6.18 Å². The zero-order chi connectivity index (χ0) is 24.3. The highest BCUT2D eigenvalue weighted by Gasteiger charge is 2.35. The Morgan fingerprint density at radius 3 is 2.50 bits per heavy atom. The van der Waals surface area contributed by atoms with E-state index in [-0.39, 0.29) is 25.1 Å². The molecule has 0 fully saturated rings. The van der Waals surface area contributed by atoms with Crippen molar-refractivity contribution in [2.24, 2.45) is 11.8 Å². The van der Waals surface area contributed by atoms with E-state index in [1.54, 1.807) is 36.5 Å². The fourth-order valence-corrected chi connectivity index (χ4v) is 3.96. The summed E-state index contributed by atoms with van der Waals surface area (Å²) < 4.78 is 57.8. The summed E-state index contributed by atoms with van der Waals surface area (Å²) in [5.74, 6) is 2.23. The van der Waals surface area contributed by atoms with E-state index in [1.807, 2.05) is 13.0 Å². The molecule has 8 heteroatoms. The van der Waals surface area contributed by atoms with Gasteiger partial charge in [-0.1, -0.05) is 26.8 Å². The quantitative estimate of drug-likeness (QED) is 0.373. The van der Waals surface area contributed by atoms with Gasteiger partial charge in [0.1, 0.15) is 11.6 Å². The summed E-state index contributed by atoms with van der Waals surface area (Å²) in [5, 5.41) is 3.15. The van der Waals surface area contributed by atoms with Crippen molar-refractivity contribution in [3.8, 4) is 28.4 Å². The SMILES string of the molecule is CC(C)C[C@@H](C)COc1ccc(-c2ccnc(Nc3ccc4c(c3)OCO4)c2)cc1C(F)(F)F. The molecule has 2 heterocycles. The first kappa shape index (κ1) is 23.7. The van der Waals surface area contributed by atoms with Crippen LogP contribution in [0.4, 0.5) is 24.7 Å². The molecule has 0 spiro atoms. The summed E-state index contributed by atoms with van der Waals surface area (Å²) in [4.78, 5) is 4.28. The largest absolute Gasteiger partial charge is 0.493 e. The molecular formula is C26H27F3N2O3. The molecule has 1 aliphatic rings. The monoisotopic (exact) mass is 472 g/mol. The molecule has 1 aliphatic heterocycles. The highest BCUT2D eigenvalue weighted by Crippen LogP contribution is 2.40. The minimum absolute atomic E-state index is 0.153. The third kappa shape index (κ3) is 5.73. The van der Waals surface area contributed by atoms with Crippen LogP contribution in [-0.4, -0.2) is 18.4 Å². The van der Waals surface area contributed by atoms with E-state index < -0.39 is 11.7 Å². The average Bonchev–Trinajstić information content (AvgIpc) is 3.25. The van der Waals surface area contributed by atoms with E-state index >= 15 is 0 Å². The molecule has 0 bridgehead atoms. The van der Waals surface area contributed by atoms with Crippen LogP contribution >= 0.6 is 0 Å². The summed E-state index contributed by atoms with van der Waals surface area (Å²) in [6.45, 7) is 6.55. The lowest BCUT2D eigenvalue weighted by molar-refractivity contribution is -0.139. The summed E-state index contributed by atoms with van der Waals surface area (Å²) in [6.07, 6.45) is -2.10. The first-order chi connectivity index (χ1) is 16.2. The molecule has 0 aliphatic carbocycles. The molecule has 0 radical (unpaired) electrons. The maximum Gasteiger partial charge on any atom is 0.419 e. The van der Waals surface area contributed by atoms with Gasteiger partial charge in [-0.15, -0.1) is 0 Å². The fraction of sp³-hybridized carbons (Fsp3) is 0.346. The van der Waals surface area contributed by atoms with Gasteiger partial charge < -0.3 is 19.5 Å². The highest BCUT2D eigenvalue weighted by molar-refractivity contribution is 5.71. The summed E-state index contributed by atoms with van der Waals surface area (Å²) >= 11 is 0. The van der Waals surface area contributed by atoms with Crippen molar-refractivity contribution in [3.05, 3.63) is 60.3 Å². The Kier molecular flexibility index (Phi) is 6.86. The molecule has 2 aromatic carbocycles. The lowest BCUT2D eigenvalue weighted by atomic mass is 9.99. The van der Waals surface area contributed by atoms with Crippen LogP contribution in [0.5, 0.6) is 17.2 Å². The Bertz CT molecular complexity index is 1150. The van der Waals surface area contributed by atoms with Gasteiger partial charge in [0.15, 0.2) is 11.5 Å². The van der Waals surface area contributed by atoms with Crippen molar-refractivity contribution >= 4 is 11.5 Å². The van der Waals surface area contributed by atoms with Crippen molar-refractivity contribution in [2.75, 3.05) is 18.7 Å². The minimum Gasteiger partial charge on any atom is -0.493 e. The Balaban J connectivity index is 1.55. The maximum atomic E-state index is 13.8. The molecular weight excluding hydrogens is 445 g/mol. The molecule has 34 heavy (non-hydrogen) atoms. The van der Waals surface area contributed by atoms with Gasteiger partial charge in [-0.3, -0.25) is 0 Å². The summed E-state index contributed by atoms with van der Waals surface area (Å²) in [5.41, 5.74) is 0.961. The second-order valence-electron chi connectivity index (χ2n) is 8.88. The predicted octanol–water partition coefficient (Wildman–Crippen LogP) is 7.30. The maximum absolute atomic E-state index is 13.8. The highest BCUT2D eigenvalue weighted by atomic mass is 19.4. The molecule has 0 unspecified atom stereocenters. The third-order valence-electron chi connectivity index (χ3n) is 5.42. The van der Waals surface area contributed by atoms with Gasteiger partial charge in [0.05, 0.1) is 12.2 Å². The molecule has 4 rings (SSSR count). The van der Waals surface area contributed by atoms with Gasteiger partial charge in [0.2, 0.25) is 6.79 Å². The van der Waals surface area contributed by atoms with Gasteiger partial charge in [-0.25, -0.2) is 4.98 Å². The number of alkyl halides is 3. The second kappa shape index (κ2) is 9.83. The number of fused-ring (bicyclic) bond motifs is 1. The topological polar surface area (TPSA) is 52.6 Å². The van der Waals surface area contributed by atoms with E-state index in [1.165, 1.54) is 6.07 Å². The number of pyridine rings is 1. The van der Waals surface area contributed by atoms with E-state index in [0.717, 1.165) is 18.2 Å². The van der Waals surface area contributed by atoms with E-state index in [0.29, 0.717) is 34.4 Å². The predicted molar refractivity (Wildman–Crippen MR) is 125 cm³/mol. The first-order valence-corrected chi connectivity index (χ1v) is 11.2. The minimum atomic E-state index is -4.53. The number of hydrogen-bond acceptors (Lipinski definition) is 5. The number of aromatic nitrogens is 1. The number of halogens is 3. The molecule has 0 saturated carbocycles. The van der Waals surface area contributed by atoms with Crippen LogP contribution in [0.1, 0.15) is 32.8 Å². The zero-order valence-electron chi connectivity index (χ0n) is 19.3. The normalized spacial score (nSPS) is 13.7. The zero-order valence-corrected chi connectivity index (χ0v) is 19.3. The average molecular weight is 473 g/mol. The van der Waals surface area contributed by atoms with Crippen LogP contribution in [0, 0.1) is 11.8 Å². The van der Waals surface area contributed by atoms with Crippen LogP contribution in [0.2, 0.25) is 0 Å². The van der Waals surface area contributed by atoms with E-state index in [9.17, 15) is 13.2 Å². The first-order valence-electron chi connectivity index (χ1n) is 11.2. The van der Waals surface area contributed by atoms with Gasteiger partial charge in [-0.2, -0.15) is 13.2 Å².